The first-order valence-corrected chi connectivity index (χ1v) is 12.0. The molecule has 2 aliphatic rings. The summed E-state index contributed by atoms with van der Waals surface area (Å²) in [4.78, 5) is 14.5. The number of aromatic nitrogens is 2. The first-order chi connectivity index (χ1) is 15.1. The van der Waals surface area contributed by atoms with E-state index in [9.17, 15) is 0 Å². The van der Waals surface area contributed by atoms with Gasteiger partial charge in [0.1, 0.15) is 11.6 Å². The largest absolute Gasteiger partial charge is 0.358 e. The van der Waals surface area contributed by atoms with Gasteiger partial charge in [-0.05, 0) is 62.7 Å². The topological polar surface area (TPSA) is 56.3 Å². The Kier molecular flexibility index (Phi) is 7.22. The van der Waals surface area contributed by atoms with Crippen molar-refractivity contribution in [2.75, 3.05) is 34.8 Å². The number of nitrogens with zero attached hydrogens (tertiary/aromatic N) is 4. The highest BCUT2D eigenvalue weighted by Gasteiger charge is 2.24. The summed E-state index contributed by atoms with van der Waals surface area (Å²) in [6, 6.07) is 12.9. The average molecular weight is 439 g/mol. The summed E-state index contributed by atoms with van der Waals surface area (Å²) >= 11 is 5.55. The van der Waals surface area contributed by atoms with E-state index in [0.29, 0.717) is 29.6 Å². The van der Waals surface area contributed by atoms with Gasteiger partial charge in [0.15, 0.2) is 5.11 Å². The molecule has 2 aliphatic heterocycles. The summed E-state index contributed by atoms with van der Waals surface area (Å²) < 4.78 is 0. The third kappa shape index (κ3) is 5.85. The van der Waals surface area contributed by atoms with E-state index in [1.54, 1.807) is 0 Å². The quantitative estimate of drug-likeness (QED) is 0.663. The highest BCUT2D eigenvalue weighted by Crippen LogP contribution is 2.29. The van der Waals surface area contributed by atoms with Crippen LogP contribution < -0.4 is 20.4 Å². The van der Waals surface area contributed by atoms with Gasteiger partial charge in [-0.2, -0.15) is 9.97 Å². The Morgan fingerprint density at radius 2 is 1.84 bits per heavy atom. The van der Waals surface area contributed by atoms with E-state index < -0.39 is 0 Å². The van der Waals surface area contributed by atoms with Crippen LogP contribution in [0.4, 0.5) is 17.6 Å². The highest BCUT2D eigenvalue weighted by molar-refractivity contribution is 7.80. The lowest BCUT2D eigenvalue weighted by molar-refractivity contribution is 0.444. The zero-order valence-electron chi connectivity index (χ0n) is 18.7. The van der Waals surface area contributed by atoms with Gasteiger partial charge in [0.25, 0.3) is 0 Å². The molecule has 0 aliphatic carbocycles. The summed E-state index contributed by atoms with van der Waals surface area (Å²) in [6.45, 7) is 8.43. The van der Waals surface area contributed by atoms with Crippen LogP contribution >= 0.6 is 12.2 Å². The summed E-state index contributed by atoms with van der Waals surface area (Å²) in [5.74, 6) is 3.27. The molecule has 0 amide bonds. The number of anilines is 3. The molecule has 7 heteroatoms. The third-order valence-corrected chi connectivity index (χ3v) is 6.54. The number of piperidine rings is 2. The molecule has 2 atom stereocenters. The molecule has 31 heavy (non-hydrogen) atoms. The van der Waals surface area contributed by atoms with Crippen LogP contribution in [-0.4, -0.2) is 40.8 Å². The molecule has 2 saturated heterocycles. The van der Waals surface area contributed by atoms with Gasteiger partial charge >= 0.3 is 0 Å². The molecule has 1 aromatic heterocycles. The standard InChI is InChI=1S/C24H34N6S/c1-18-9-8-13-29(17-18)21-15-22(30-14-7-6-10-19(30)2)27-23(26-21)28-24(31)25-16-20-11-4-3-5-12-20/h3-5,11-12,15,18-19H,6-10,13-14,16-17H2,1-2H3,(H2,25,26,27,28,31)/t18-,19+/m1/s1. The van der Waals surface area contributed by atoms with Gasteiger partial charge < -0.3 is 20.4 Å². The lowest BCUT2D eigenvalue weighted by Gasteiger charge is -2.36. The normalized spacial score (nSPS) is 21.6. The Labute approximate surface area is 191 Å². The van der Waals surface area contributed by atoms with Gasteiger partial charge in [0.05, 0.1) is 0 Å². The third-order valence-electron chi connectivity index (χ3n) is 6.30. The van der Waals surface area contributed by atoms with E-state index in [4.69, 9.17) is 22.2 Å². The minimum Gasteiger partial charge on any atom is -0.358 e. The number of benzene rings is 1. The maximum absolute atomic E-state index is 5.55. The number of hydrogen-bond acceptors (Lipinski definition) is 5. The molecule has 0 spiro atoms. The molecule has 1 aromatic carbocycles. The smallest absolute Gasteiger partial charge is 0.232 e. The van der Waals surface area contributed by atoms with E-state index in [0.717, 1.165) is 31.3 Å². The molecular formula is C24H34N6S. The van der Waals surface area contributed by atoms with Crippen molar-refractivity contribution < 1.29 is 0 Å². The molecule has 0 unspecified atom stereocenters. The van der Waals surface area contributed by atoms with Crippen molar-refractivity contribution >= 4 is 34.9 Å². The van der Waals surface area contributed by atoms with Gasteiger partial charge in [-0.3, -0.25) is 0 Å². The molecule has 3 heterocycles. The predicted molar refractivity (Wildman–Crippen MR) is 133 cm³/mol. The number of hydrogen-bond donors (Lipinski definition) is 2. The van der Waals surface area contributed by atoms with Gasteiger partial charge in [0, 0.05) is 38.3 Å². The zero-order valence-corrected chi connectivity index (χ0v) is 19.5. The fourth-order valence-electron chi connectivity index (χ4n) is 4.55. The molecule has 4 rings (SSSR count). The molecule has 0 bridgehead atoms. The molecular weight excluding hydrogens is 404 g/mol. The molecule has 2 N–H and O–H groups in total. The minimum absolute atomic E-state index is 0.493. The van der Waals surface area contributed by atoms with Crippen LogP contribution in [0, 0.1) is 5.92 Å². The second-order valence-electron chi connectivity index (χ2n) is 8.93. The average Bonchev–Trinajstić information content (AvgIpc) is 2.78. The second kappa shape index (κ2) is 10.3. The van der Waals surface area contributed by atoms with Crippen molar-refractivity contribution in [1.29, 1.82) is 0 Å². The molecule has 6 nitrogen and oxygen atoms in total. The van der Waals surface area contributed by atoms with Crippen LogP contribution in [0.1, 0.15) is 51.5 Å². The van der Waals surface area contributed by atoms with Crippen LogP contribution in [0.5, 0.6) is 0 Å². The Bertz CT molecular complexity index is 874. The van der Waals surface area contributed by atoms with Crippen LogP contribution in [0.2, 0.25) is 0 Å². The SMILES string of the molecule is C[C@@H]1CCCN(c2cc(N3CCCC[C@@H]3C)nc(NC(=S)NCc3ccccc3)n2)C1. The molecule has 166 valence electrons. The molecule has 2 aromatic rings. The Morgan fingerprint density at radius 3 is 2.61 bits per heavy atom. The Balaban J connectivity index is 1.52. The van der Waals surface area contributed by atoms with Crippen molar-refractivity contribution in [2.45, 2.75) is 58.5 Å². The highest BCUT2D eigenvalue weighted by atomic mass is 32.1. The van der Waals surface area contributed by atoms with E-state index in [2.05, 4.69) is 52.5 Å². The van der Waals surface area contributed by atoms with E-state index in [1.807, 2.05) is 18.2 Å². The van der Waals surface area contributed by atoms with Crippen molar-refractivity contribution in [3.8, 4) is 0 Å². The first kappa shape index (κ1) is 21.8. The van der Waals surface area contributed by atoms with Gasteiger partial charge in [-0.25, -0.2) is 0 Å². The fourth-order valence-corrected chi connectivity index (χ4v) is 4.71. The monoisotopic (exact) mass is 438 g/mol. The number of nitrogens with one attached hydrogen (secondary N) is 2. The van der Waals surface area contributed by atoms with E-state index >= 15 is 0 Å². The van der Waals surface area contributed by atoms with Crippen molar-refractivity contribution in [2.24, 2.45) is 5.92 Å². The first-order valence-electron chi connectivity index (χ1n) is 11.6. The van der Waals surface area contributed by atoms with Crippen molar-refractivity contribution in [3.05, 3.63) is 42.0 Å². The minimum atomic E-state index is 0.493. The van der Waals surface area contributed by atoms with E-state index in [-0.39, 0.29) is 0 Å². The van der Waals surface area contributed by atoms with Gasteiger partial charge in [0.2, 0.25) is 5.95 Å². The summed E-state index contributed by atoms with van der Waals surface area (Å²) in [5, 5.41) is 7.06. The maximum Gasteiger partial charge on any atom is 0.232 e. The molecule has 0 radical (unpaired) electrons. The molecule has 0 saturated carbocycles. The molecule has 2 fully saturated rings. The lowest BCUT2D eigenvalue weighted by atomic mass is 10.0. The van der Waals surface area contributed by atoms with Crippen LogP contribution in [-0.2, 0) is 6.54 Å². The van der Waals surface area contributed by atoms with Crippen LogP contribution in [0.15, 0.2) is 36.4 Å². The maximum atomic E-state index is 5.55. The summed E-state index contributed by atoms with van der Waals surface area (Å²) in [7, 11) is 0. The van der Waals surface area contributed by atoms with Crippen LogP contribution in [0.3, 0.4) is 0 Å². The lowest BCUT2D eigenvalue weighted by Crippen LogP contribution is -2.39. The van der Waals surface area contributed by atoms with Gasteiger partial charge in [-0.1, -0.05) is 37.3 Å². The summed E-state index contributed by atoms with van der Waals surface area (Å²) in [5.41, 5.74) is 1.19. The fraction of sp³-hybridized carbons (Fsp3) is 0.542. The van der Waals surface area contributed by atoms with Gasteiger partial charge in [-0.15, -0.1) is 0 Å². The summed E-state index contributed by atoms with van der Waals surface area (Å²) in [6.07, 6.45) is 6.21. The Hall–Kier alpha value is -2.41. The zero-order chi connectivity index (χ0) is 21.6. The Morgan fingerprint density at radius 1 is 1.03 bits per heavy atom. The van der Waals surface area contributed by atoms with Crippen molar-refractivity contribution in [1.82, 2.24) is 15.3 Å². The predicted octanol–water partition coefficient (Wildman–Crippen LogP) is 4.58. The second-order valence-corrected chi connectivity index (χ2v) is 9.34. The number of thiocarbonyl (C=S) groups is 1. The number of rotatable bonds is 5. The van der Waals surface area contributed by atoms with Crippen LogP contribution in [0.25, 0.3) is 0 Å². The van der Waals surface area contributed by atoms with E-state index in [1.165, 1.54) is 37.7 Å². The van der Waals surface area contributed by atoms with Crippen molar-refractivity contribution in [3.63, 3.8) is 0 Å².